The lowest BCUT2D eigenvalue weighted by atomic mass is 9.96. The highest BCUT2D eigenvalue weighted by Gasteiger charge is 2.40. The van der Waals surface area contributed by atoms with Crippen LogP contribution in [0, 0.1) is 6.92 Å². The number of nitrogens with one attached hydrogen (secondary N) is 1. The summed E-state index contributed by atoms with van der Waals surface area (Å²) >= 11 is 0. The number of aliphatic imine (C=N–C) groups is 1. The molecule has 1 aliphatic rings. The van der Waals surface area contributed by atoms with Crippen molar-refractivity contribution in [1.29, 1.82) is 0 Å². The Morgan fingerprint density at radius 1 is 1.35 bits per heavy atom. The molecule has 26 heavy (non-hydrogen) atoms. The Bertz CT molecular complexity index is 654. The van der Waals surface area contributed by atoms with Gasteiger partial charge in [-0.1, -0.05) is 0 Å². The summed E-state index contributed by atoms with van der Waals surface area (Å²) in [4.78, 5) is 21.4. The molecule has 1 N–H and O–H groups in total. The first-order valence-electron chi connectivity index (χ1n) is 8.87. The lowest BCUT2D eigenvalue weighted by Crippen LogP contribution is -2.66. The molecule has 1 aromatic heterocycles. The van der Waals surface area contributed by atoms with Gasteiger partial charge in [0.1, 0.15) is 12.4 Å². The third-order valence-corrected chi connectivity index (χ3v) is 4.53. The van der Waals surface area contributed by atoms with Gasteiger partial charge in [0.15, 0.2) is 11.8 Å². The molecule has 2 heterocycles. The van der Waals surface area contributed by atoms with Crippen LogP contribution in [-0.2, 0) is 18.4 Å². The zero-order valence-corrected chi connectivity index (χ0v) is 19.2. The summed E-state index contributed by atoms with van der Waals surface area (Å²) in [5.74, 6) is 2.54. The molecule has 0 radical (unpaired) electrons. The van der Waals surface area contributed by atoms with Gasteiger partial charge in [0.25, 0.3) is 0 Å². The number of hydrogen-bond donors (Lipinski definition) is 1. The van der Waals surface area contributed by atoms with E-state index in [0.717, 1.165) is 30.7 Å². The molecule has 8 nitrogen and oxygen atoms in total. The minimum absolute atomic E-state index is 0. The molecule has 0 saturated carbocycles. The third-order valence-electron chi connectivity index (χ3n) is 4.53. The van der Waals surface area contributed by atoms with Gasteiger partial charge >= 0.3 is 0 Å². The highest BCUT2D eigenvalue weighted by molar-refractivity contribution is 14.0. The van der Waals surface area contributed by atoms with E-state index in [0.29, 0.717) is 13.1 Å². The average Bonchev–Trinajstić information content (AvgIpc) is 2.81. The number of carbonyl (C=O) groups excluding carboxylic acids is 1. The van der Waals surface area contributed by atoms with E-state index < -0.39 is 0 Å². The second-order valence-electron chi connectivity index (χ2n) is 7.42. The van der Waals surface area contributed by atoms with Crippen LogP contribution in [0.4, 0.5) is 0 Å². The van der Waals surface area contributed by atoms with Gasteiger partial charge in [-0.05, 0) is 41.5 Å². The first kappa shape index (κ1) is 22.7. The average molecular weight is 477 g/mol. The van der Waals surface area contributed by atoms with Gasteiger partial charge in [0, 0.05) is 26.2 Å². The summed E-state index contributed by atoms with van der Waals surface area (Å²) in [6.45, 7) is 14.5. The molecule has 0 aromatic carbocycles. The Hall–Kier alpha value is -1.39. The molecule has 1 fully saturated rings. The van der Waals surface area contributed by atoms with Crippen molar-refractivity contribution in [2.24, 2.45) is 12.0 Å². The van der Waals surface area contributed by atoms with Gasteiger partial charge in [-0.2, -0.15) is 0 Å². The van der Waals surface area contributed by atoms with Crippen molar-refractivity contribution in [3.8, 4) is 0 Å². The van der Waals surface area contributed by atoms with Gasteiger partial charge in [-0.3, -0.25) is 4.79 Å². The van der Waals surface area contributed by atoms with E-state index in [1.807, 2.05) is 35.3 Å². The highest BCUT2D eigenvalue weighted by Crippen LogP contribution is 2.24. The Labute approximate surface area is 173 Å². The first-order chi connectivity index (χ1) is 11.7. The molecular formula is C17H32IN7O. The quantitative estimate of drug-likeness (QED) is 0.405. The molecule has 0 aliphatic carbocycles. The number of hydrogen-bond acceptors (Lipinski definition) is 4. The maximum atomic E-state index is 12.7. The van der Waals surface area contributed by atoms with Crippen LogP contribution in [0.2, 0.25) is 0 Å². The van der Waals surface area contributed by atoms with E-state index in [-0.39, 0.29) is 41.5 Å². The molecule has 1 aromatic rings. The second-order valence-corrected chi connectivity index (χ2v) is 7.42. The fourth-order valence-electron chi connectivity index (χ4n) is 3.47. The van der Waals surface area contributed by atoms with Crippen LogP contribution in [0.5, 0.6) is 0 Å². The zero-order chi connectivity index (χ0) is 18.8. The second kappa shape index (κ2) is 9.01. The zero-order valence-electron chi connectivity index (χ0n) is 16.9. The number of aromatic nitrogens is 3. The summed E-state index contributed by atoms with van der Waals surface area (Å²) in [6, 6.07) is 0.186. The predicted molar refractivity (Wildman–Crippen MR) is 114 cm³/mol. The van der Waals surface area contributed by atoms with Crippen molar-refractivity contribution >= 4 is 35.8 Å². The van der Waals surface area contributed by atoms with Gasteiger partial charge in [0.05, 0.1) is 12.1 Å². The number of nitrogens with zero attached hydrogens (tertiary/aromatic N) is 6. The number of halogens is 1. The van der Waals surface area contributed by atoms with Crippen molar-refractivity contribution < 1.29 is 4.79 Å². The Balaban J connectivity index is 0.00000338. The largest absolute Gasteiger partial charge is 0.356 e. The Morgan fingerprint density at radius 3 is 2.46 bits per heavy atom. The molecule has 0 bridgehead atoms. The molecular weight excluding hydrogens is 445 g/mol. The molecule has 1 amide bonds. The number of piperazine rings is 1. The fourth-order valence-corrected chi connectivity index (χ4v) is 3.47. The van der Waals surface area contributed by atoms with Crippen LogP contribution < -0.4 is 5.32 Å². The van der Waals surface area contributed by atoms with Gasteiger partial charge in [-0.25, -0.2) is 4.99 Å². The Kier molecular flexibility index (Phi) is 7.85. The number of carbonyl (C=O) groups is 1. The number of aryl methyl sites for hydroxylation is 1. The van der Waals surface area contributed by atoms with Crippen molar-refractivity contribution in [2.45, 2.75) is 59.7 Å². The maximum Gasteiger partial charge on any atom is 0.242 e. The molecule has 2 rings (SSSR count). The topological polar surface area (TPSA) is 78.6 Å². The normalized spacial score (nSPS) is 17.5. The molecule has 9 heteroatoms. The predicted octanol–water partition coefficient (Wildman–Crippen LogP) is 1.54. The summed E-state index contributed by atoms with van der Waals surface area (Å²) in [6.07, 6.45) is 0. The molecule has 0 spiro atoms. The van der Waals surface area contributed by atoms with Gasteiger partial charge in [-0.15, -0.1) is 34.2 Å². The van der Waals surface area contributed by atoms with Crippen LogP contribution in [0.15, 0.2) is 4.99 Å². The van der Waals surface area contributed by atoms with Crippen LogP contribution in [-0.4, -0.2) is 67.6 Å². The van der Waals surface area contributed by atoms with E-state index in [9.17, 15) is 4.79 Å². The molecule has 148 valence electrons. The lowest BCUT2D eigenvalue weighted by Gasteiger charge is -2.49. The maximum absolute atomic E-state index is 12.7. The number of amides is 1. The smallest absolute Gasteiger partial charge is 0.242 e. The first-order valence-corrected chi connectivity index (χ1v) is 8.87. The number of rotatable bonds is 4. The van der Waals surface area contributed by atoms with Crippen LogP contribution in [0.25, 0.3) is 0 Å². The van der Waals surface area contributed by atoms with Crippen molar-refractivity contribution in [3.05, 3.63) is 11.6 Å². The summed E-state index contributed by atoms with van der Waals surface area (Å²) < 4.78 is 1.93. The minimum Gasteiger partial charge on any atom is -0.356 e. The van der Waals surface area contributed by atoms with Crippen molar-refractivity contribution in [3.63, 3.8) is 0 Å². The standard InChI is InChI=1S/C17H31N7O.HI/c1-8-18-16(19-9-14-21-20-13(4)22(14)7)23-10-15(25)24(12(2)3)17(5,6)11-23;/h12H,8-11H2,1-7H3,(H,18,19);1H. The molecule has 1 saturated heterocycles. The SMILES string of the molecule is CCNC(=NCc1nnc(C)n1C)N1CC(=O)N(C(C)C)C(C)(C)C1.I. The van der Waals surface area contributed by atoms with Crippen LogP contribution in [0.3, 0.4) is 0 Å². The van der Waals surface area contributed by atoms with E-state index in [2.05, 4.69) is 48.2 Å². The van der Waals surface area contributed by atoms with E-state index >= 15 is 0 Å². The highest BCUT2D eigenvalue weighted by atomic mass is 127. The molecule has 0 unspecified atom stereocenters. The van der Waals surface area contributed by atoms with Crippen molar-refractivity contribution in [1.82, 2.24) is 29.9 Å². The van der Waals surface area contributed by atoms with E-state index in [1.54, 1.807) is 0 Å². The Morgan fingerprint density at radius 2 is 2.00 bits per heavy atom. The van der Waals surface area contributed by atoms with Gasteiger partial charge < -0.3 is 19.7 Å². The van der Waals surface area contributed by atoms with E-state index in [1.165, 1.54) is 0 Å². The van der Waals surface area contributed by atoms with Gasteiger partial charge in [0.2, 0.25) is 5.91 Å². The van der Waals surface area contributed by atoms with E-state index in [4.69, 9.17) is 0 Å². The van der Waals surface area contributed by atoms with Crippen molar-refractivity contribution in [2.75, 3.05) is 19.6 Å². The minimum atomic E-state index is -0.249. The summed E-state index contributed by atoms with van der Waals surface area (Å²) in [5, 5.41) is 11.5. The third kappa shape index (κ3) is 4.86. The monoisotopic (exact) mass is 477 g/mol. The summed E-state index contributed by atoms with van der Waals surface area (Å²) in [7, 11) is 1.93. The van der Waals surface area contributed by atoms with Crippen LogP contribution in [0.1, 0.15) is 46.3 Å². The summed E-state index contributed by atoms with van der Waals surface area (Å²) in [5.41, 5.74) is -0.249. The lowest BCUT2D eigenvalue weighted by molar-refractivity contribution is -0.145. The van der Waals surface area contributed by atoms with Crippen LogP contribution >= 0.6 is 24.0 Å². The fraction of sp³-hybridized carbons (Fsp3) is 0.765. The molecule has 0 atom stereocenters. The molecule has 1 aliphatic heterocycles. The number of guanidine groups is 1.